The minimum atomic E-state index is -0.452. The SMILES string of the molecule is CCc1cc2c(CNc3cccc(CO)c3)cc(=O)oc2cc1O. The quantitative estimate of drug-likeness (QED) is 0.628. The number of benzene rings is 2. The van der Waals surface area contributed by atoms with Crippen LogP contribution in [0.15, 0.2) is 51.7 Å². The van der Waals surface area contributed by atoms with Crippen LogP contribution in [0.4, 0.5) is 5.69 Å². The Bertz CT molecular complexity index is 930. The minimum absolute atomic E-state index is 0.0213. The van der Waals surface area contributed by atoms with Crippen molar-refractivity contribution in [1.82, 2.24) is 0 Å². The van der Waals surface area contributed by atoms with Gasteiger partial charge in [-0.3, -0.25) is 0 Å². The molecule has 0 saturated heterocycles. The molecule has 2 aromatic carbocycles. The highest BCUT2D eigenvalue weighted by Crippen LogP contribution is 2.27. The maximum Gasteiger partial charge on any atom is 0.336 e. The number of phenolic OH excluding ortho intramolecular Hbond substituents is 1. The Balaban J connectivity index is 1.97. The number of aryl methyl sites for hydroxylation is 1. The fourth-order valence-corrected chi connectivity index (χ4v) is 2.71. The van der Waals surface area contributed by atoms with Gasteiger partial charge in [0, 0.05) is 29.8 Å². The molecule has 0 aliphatic rings. The molecule has 0 aliphatic heterocycles. The van der Waals surface area contributed by atoms with E-state index >= 15 is 0 Å². The average molecular weight is 325 g/mol. The molecular formula is C19H19NO4. The molecular weight excluding hydrogens is 306 g/mol. The summed E-state index contributed by atoms with van der Waals surface area (Å²) in [5.41, 5.74) is 3.20. The summed E-state index contributed by atoms with van der Waals surface area (Å²) in [6, 6.07) is 12.3. The van der Waals surface area contributed by atoms with Crippen LogP contribution in [0.25, 0.3) is 11.0 Å². The molecule has 24 heavy (non-hydrogen) atoms. The highest BCUT2D eigenvalue weighted by molar-refractivity contribution is 5.83. The molecule has 124 valence electrons. The van der Waals surface area contributed by atoms with Gasteiger partial charge in [0.15, 0.2) is 0 Å². The highest BCUT2D eigenvalue weighted by Gasteiger charge is 2.10. The summed E-state index contributed by atoms with van der Waals surface area (Å²) in [5.74, 6) is 0.133. The molecule has 5 nitrogen and oxygen atoms in total. The number of phenols is 1. The van der Waals surface area contributed by atoms with Gasteiger partial charge < -0.3 is 19.9 Å². The first-order valence-electron chi connectivity index (χ1n) is 7.83. The van der Waals surface area contributed by atoms with Gasteiger partial charge in [0.25, 0.3) is 0 Å². The second kappa shape index (κ2) is 6.76. The smallest absolute Gasteiger partial charge is 0.336 e. The second-order valence-electron chi connectivity index (χ2n) is 5.63. The second-order valence-corrected chi connectivity index (χ2v) is 5.63. The molecule has 3 aromatic rings. The van der Waals surface area contributed by atoms with Crippen LogP contribution in [-0.2, 0) is 19.6 Å². The Morgan fingerprint density at radius 2 is 1.96 bits per heavy atom. The van der Waals surface area contributed by atoms with E-state index in [1.807, 2.05) is 37.3 Å². The molecule has 0 bridgehead atoms. The maximum absolute atomic E-state index is 11.8. The zero-order chi connectivity index (χ0) is 17.1. The molecule has 1 heterocycles. The zero-order valence-corrected chi connectivity index (χ0v) is 13.4. The summed E-state index contributed by atoms with van der Waals surface area (Å²) < 4.78 is 5.19. The van der Waals surface area contributed by atoms with Crippen molar-refractivity contribution in [3.05, 3.63) is 69.6 Å². The number of nitrogens with one attached hydrogen (secondary N) is 1. The van der Waals surface area contributed by atoms with Gasteiger partial charge in [-0.05, 0) is 41.3 Å². The molecule has 0 atom stereocenters. The summed E-state index contributed by atoms with van der Waals surface area (Å²) in [4.78, 5) is 11.8. The van der Waals surface area contributed by atoms with E-state index in [9.17, 15) is 15.0 Å². The Labute approximate surface area is 139 Å². The molecule has 0 amide bonds. The van der Waals surface area contributed by atoms with Crippen LogP contribution in [0.1, 0.15) is 23.6 Å². The van der Waals surface area contributed by atoms with Crippen molar-refractivity contribution in [3.8, 4) is 5.75 Å². The zero-order valence-electron chi connectivity index (χ0n) is 13.4. The van der Waals surface area contributed by atoms with Gasteiger partial charge in [0.05, 0.1) is 6.61 Å². The first kappa shape index (κ1) is 16.1. The van der Waals surface area contributed by atoms with Crippen molar-refractivity contribution in [2.24, 2.45) is 0 Å². The normalized spacial score (nSPS) is 10.9. The fourth-order valence-electron chi connectivity index (χ4n) is 2.71. The summed E-state index contributed by atoms with van der Waals surface area (Å²) in [6.45, 7) is 2.37. The lowest BCUT2D eigenvalue weighted by molar-refractivity contribution is 0.282. The van der Waals surface area contributed by atoms with E-state index in [1.165, 1.54) is 12.1 Å². The van der Waals surface area contributed by atoms with Crippen LogP contribution in [0.2, 0.25) is 0 Å². The van der Waals surface area contributed by atoms with Crippen molar-refractivity contribution in [2.45, 2.75) is 26.5 Å². The lowest BCUT2D eigenvalue weighted by Crippen LogP contribution is -2.06. The van der Waals surface area contributed by atoms with Gasteiger partial charge in [-0.2, -0.15) is 0 Å². The number of rotatable bonds is 5. The molecule has 0 spiro atoms. The van der Waals surface area contributed by atoms with E-state index < -0.39 is 5.63 Å². The first-order valence-corrected chi connectivity index (χ1v) is 7.83. The number of aromatic hydroxyl groups is 1. The third-order valence-corrected chi connectivity index (χ3v) is 4.00. The Morgan fingerprint density at radius 1 is 1.12 bits per heavy atom. The predicted octanol–water partition coefficient (Wildman–Crippen LogP) is 3.17. The molecule has 0 saturated carbocycles. The van der Waals surface area contributed by atoms with E-state index in [4.69, 9.17) is 4.42 Å². The Morgan fingerprint density at radius 3 is 2.71 bits per heavy atom. The predicted molar refractivity (Wildman–Crippen MR) is 93.2 cm³/mol. The Hall–Kier alpha value is -2.79. The number of fused-ring (bicyclic) bond motifs is 1. The lowest BCUT2D eigenvalue weighted by atomic mass is 10.0. The highest BCUT2D eigenvalue weighted by atomic mass is 16.4. The third-order valence-electron chi connectivity index (χ3n) is 4.00. The summed E-state index contributed by atoms with van der Waals surface area (Å²) in [5, 5.41) is 23.2. The van der Waals surface area contributed by atoms with Crippen molar-refractivity contribution < 1.29 is 14.6 Å². The fraction of sp³-hybridized carbons (Fsp3) is 0.211. The van der Waals surface area contributed by atoms with Gasteiger partial charge in [0.2, 0.25) is 0 Å². The van der Waals surface area contributed by atoms with Crippen LogP contribution >= 0.6 is 0 Å². The summed E-state index contributed by atoms with van der Waals surface area (Å²) in [7, 11) is 0. The first-order chi connectivity index (χ1) is 11.6. The molecule has 5 heteroatoms. The standard InChI is InChI=1S/C19H19NO4/c1-2-13-7-16-14(8-19(23)24-18(16)9-17(13)22)10-20-15-5-3-4-12(6-15)11-21/h3-9,20-22H,2,10-11H2,1H3. The van der Waals surface area contributed by atoms with Crippen molar-refractivity contribution in [1.29, 1.82) is 0 Å². The van der Waals surface area contributed by atoms with E-state index in [2.05, 4.69) is 5.32 Å². The van der Waals surface area contributed by atoms with Gasteiger partial charge in [-0.15, -0.1) is 0 Å². The molecule has 0 fully saturated rings. The maximum atomic E-state index is 11.8. The van der Waals surface area contributed by atoms with Gasteiger partial charge in [-0.25, -0.2) is 4.79 Å². The largest absolute Gasteiger partial charge is 0.508 e. The third kappa shape index (κ3) is 3.26. The minimum Gasteiger partial charge on any atom is -0.508 e. The van der Waals surface area contributed by atoms with Gasteiger partial charge in [-0.1, -0.05) is 19.1 Å². The van der Waals surface area contributed by atoms with Gasteiger partial charge in [0.1, 0.15) is 11.3 Å². The van der Waals surface area contributed by atoms with Crippen LogP contribution in [0, 0.1) is 0 Å². The number of aliphatic hydroxyl groups excluding tert-OH is 1. The number of hydrogen-bond acceptors (Lipinski definition) is 5. The topological polar surface area (TPSA) is 82.7 Å². The van der Waals surface area contributed by atoms with Crippen molar-refractivity contribution in [2.75, 3.05) is 5.32 Å². The van der Waals surface area contributed by atoms with Crippen molar-refractivity contribution >= 4 is 16.7 Å². The van der Waals surface area contributed by atoms with Gasteiger partial charge >= 0.3 is 5.63 Å². The lowest BCUT2D eigenvalue weighted by Gasteiger charge is -2.11. The molecule has 0 radical (unpaired) electrons. The van der Waals surface area contributed by atoms with E-state index in [0.29, 0.717) is 18.5 Å². The average Bonchev–Trinajstić information content (AvgIpc) is 2.59. The number of hydrogen-bond donors (Lipinski definition) is 3. The van der Waals surface area contributed by atoms with E-state index in [0.717, 1.165) is 27.8 Å². The number of aliphatic hydroxyl groups is 1. The van der Waals surface area contributed by atoms with Crippen LogP contribution in [-0.4, -0.2) is 10.2 Å². The van der Waals surface area contributed by atoms with Crippen LogP contribution in [0.5, 0.6) is 5.75 Å². The van der Waals surface area contributed by atoms with E-state index in [1.54, 1.807) is 0 Å². The molecule has 0 unspecified atom stereocenters. The molecule has 3 N–H and O–H groups in total. The van der Waals surface area contributed by atoms with Crippen LogP contribution in [0.3, 0.4) is 0 Å². The van der Waals surface area contributed by atoms with E-state index in [-0.39, 0.29) is 12.4 Å². The molecule has 0 aliphatic carbocycles. The Kier molecular flexibility index (Phi) is 4.53. The van der Waals surface area contributed by atoms with Crippen LogP contribution < -0.4 is 10.9 Å². The summed E-state index contributed by atoms with van der Waals surface area (Å²) >= 11 is 0. The molecule has 3 rings (SSSR count). The molecule has 1 aromatic heterocycles. The van der Waals surface area contributed by atoms with Crippen molar-refractivity contribution in [3.63, 3.8) is 0 Å². The monoisotopic (exact) mass is 325 g/mol. The number of anilines is 1. The summed E-state index contributed by atoms with van der Waals surface area (Å²) in [6.07, 6.45) is 0.687.